The van der Waals surface area contributed by atoms with Crippen LogP contribution >= 0.6 is 0 Å². The van der Waals surface area contributed by atoms with Crippen molar-refractivity contribution in [3.05, 3.63) is 94.8 Å². The molecule has 1 amide bonds. The van der Waals surface area contributed by atoms with Crippen molar-refractivity contribution in [1.29, 1.82) is 0 Å². The van der Waals surface area contributed by atoms with Gasteiger partial charge in [-0.1, -0.05) is 35.9 Å². The lowest BCUT2D eigenvalue weighted by Gasteiger charge is -2.25. The van der Waals surface area contributed by atoms with E-state index in [1.165, 1.54) is 36.4 Å². The Labute approximate surface area is 191 Å². The molecule has 2 N–H and O–H groups in total. The van der Waals surface area contributed by atoms with Crippen molar-refractivity contribution >= 4 is 27.6 Å². The summed E-state index contributed by atoms with van der Waals surface area (Å²) < 4.78 is 41.7. The Balaban J connectivity index is 1.89. The molecule has 7 nitrogen and oxygen atoms in total. The summed E-state index contributed by atoms with van der Waals surface area (Å²) in [6.07, 6.45) is 0. The Kier molecular flexibility index (Phi) is 7.13. The van der Waals surface area contributed by atoms with E-state index < -0.39 is 34.3 Å². The van der Waals surface area contributed by atoms with Gasteiger partial charge >= 0.3 is 5.97 Å². The fourth-order valence-corrected chi connectivity index (χ4v) is 4.67. The maximum absolute atomic E-state index is 14.0. The highest BCUT2D eigenvalue weighted by molar-refractivity contribution is 7.92. The summed E-state index contributed by atoms with van der Waals surface area (Å²) in [6, 6.07) is 15.9. The second kappa shape index (κ2) is 9.83. The number of hydrogen-bond acceptors (Lipinski definition) is 4. The highest BCUT2D eigenvalue weighted by Gasteiger charge is 2.28. The molecule has 3 aromatic rings. The van der Waals surface area contributed by atoms with E-state index in [0.29, 0.717) is 11.1 Å². The average molecular weight is 471 g/mol. The summed E-state index contributed by atoms with van der Waals surface area (Å²) in [5, 5.41) is 11.7. The molecule has 172 valence electrons. The van der Waals surface area contributed by atoms with E-state index in [0.717, 1.165) is 15.9 Å². The Bertz CT molecular complexity index is 1290. The lowest BCUT2D eigenvalue weighted by Crippen LogP contribution is -2.41. The molecule has 33 heavy (non-hydrogen) atoms. The molecule has 0 unspecified atom stereocenters. The van der Waals surface area contributed by atoms with Crippen molar-refractivity contribution < 1.29 is 27.5 Å². The number of carbonyl (C=O) groups is 2. The number of carboxylic acid groups (broad SMARTS) is 1. The quantitative estimate of drug-likeness (QED) is 0.523. The van der Waals surface area contributed by atoms with Crippen LogP contribution in [0.5, 0.6) is 0 Å². The van der Waals surface area contributed by atoms with E-state index >= 15 is 0 Å². The molecule has 0 bridgehead atoms. The van der Waals surface area contributed by atoms with Crippen molar-refractivity contribution in [2.75, 3.05) is 10.8 Å². The summed E-state index contributed by atoms with van der Waals surface area (Å²) >= 11 is 0. The molecule has 0 aromatic heterocycles. The zero-order valence-corrected chi connectivity index (χ0v) is 18.9. The van der Waals surface area contributed by atoms with E-state index in [-0.39, 0.29) is 22.7 Å². The first-order valence-electron chi connectivity index (χ1n) is 10.0. The van der Waals surface area contributed by atoms with Gasteiger partial charge < -0.3 is 10.4 Å². The predicted molar refractivity (Wildman–Crippen MR) is 122 cm³/mol. The summed E-state index contributed by atoms with van der Waals surface area (Å²) in [6.45, 7) is 2.86. The predicted octanol–water partition coefficient (Wildman–Crippen LogP) is 3.65. The van der Waals surface area contributed by atoms with Gasteiger partial charge in [-0.15, -0.1) is 0 Å². The smallest absolute Gasteiger partial charge is 0.335 e. The monoisotopic (exact) mass is 470 g/mol. The molecule has 0 aliphatic carbocycles. The number of hydrogen-bond donors (Lipinski definition) is 2. The molecule has 3 aromatic carbocycles. The molecule has 0 aliphatic heterocycles. The van der Waals surface area contributed by atoms with Gasteiger partial charge in [-0.3, -0.25) is 9.10 Å². The third-order valence-electron chi connectivity index (χ3n) is 5.00. The summed E-state index contributed by atoms with van der Waals surface area (Å²) in [4.78, 5) is 23.8. The molecule has 9 heteroatoms. The van der Waals surface area contributed by atoms with Crippen LogP contribution < -0.4 is 9.62 Å². The number of amides is 1. The minimum absolute atomic E-state index is 0.000502. The van der Waals surface area contributed by atoms with Crippen molar-refractivity contribution in [3.8, 4) is 0 Å². The van der Waals surface area contributed by atoms with Crippen LogP contribution in [0.15, 0.2) is 71.6 Å². The van der Waals surface area contributed by atoms with Gasteiger partial charge in [0, 0.05) is 6.54 Å². The van der Waals surface area contributed by atoms with E-state index in [4.69, 9.17) is 5.11 Å². The van der Waals surface area contributed by atoms with Crippen LogP contribution in [0, 0.1) is 19.7 Å². The van der Waals surface area contributed by atoms with Crippen LogP contribution in [-0.2, 0) is 21.4 Å². The zero-order valence-electron chi connectivity index (χ0n) is 18.1. The fourth-order valence-electron chi connectivity index (χ4n) is 3.19. The molecule has 0 saturated heterocycles. The number of carboxylic acids is 1. The van der Waals surface area contributed by atoms with E-state index in [9.17, 15) is 22.4 Å². The van der Waals surface area contributed by atoms with E-state index in [2.05, 4.69) is 5.32 Å². The number of anilines is 1. The molecule has 0 fully saturated rings. The lowest BCUT2D eigenvalue weighted by molar-refractivity contribution is -0.119. The maximum Gasteiger partial charge on any atom is 0.335 e. The minimum Gasteiger partial charge on any atom is -0.478 e. The van der Waals surface area contributed by atoms with Gasteiger partial charge in [0.05, 0.1) is 16.1 Å². The molecule has 0 saturated carbocycles. The van der Waals surface area contributed by atoms with Gasteiger partial charge in [0.2, 0.25) is 5.91 Å². The first-order valence-corrected chi connectivity index (χ1v) is 11.5. The summed E-state index contributed by atoms with van der Waals surface area (Å²) in [5.41, 5.74) is 2.01. The van der Waals surface area contributed by atoms with Crippen molar-refractivity contribution in [1.82, 2.24) is 5.32 Å². The molecule has 0 atom stereocenters. The number of halogens is 1. The first-order chi connectivity index (χ1) is 15.6. The molecular weight excluding hydrogens is 447 g/mol. The molecule has 3 rings (SSSR count). The van der Waals surface area contributed by atoms with Crippen molar-refractivity contribution in [3.63, 3.8) is 0 Å². The summed E-state index contributed by atoms with van der Waals surface area (Å²) in [5.74, 6) is -2.36. The first kappa shape index (κ1) is 23.9. The second-order valence-electron chi connectivity index (χ2n) is 7.54. The number of rotatable bonds is 8. The SMILES string of the molecule is Cc1ccc(S(=O)(=O)N(CC(=O)NCc2cccc(C(=O)O)c2)c2cc(F)ccc2C)cc1. The third-order valence-corrected chi connectivity index (χ3v) is 6.77. The minimum atomic E-state index is -4.18. The molecule has 0 spiro atoms. The standard InChI is InChI=1S/C24H23FN2O5S/c1-16-6-10-21(11-7-16)33(31,32)27(22-13-20(25)9-8-17(22)2)15-23(28)26-14-18-4-3-5-19(12-18)24(29)30/h3-13H,14-15H2,1-2H3,(H,26,28)(H,29,30). The average Bonchev–Trinajstić information content (AvgIpc) is 2.78. The van der Waals surface area contributed by atoms with Gasteiger partial charge in [-0.25, -0.2) is 17.6 Å². The Morgan fingerprint density at radius 2 is 1.70 bits per heavy atom. The lowest BCUT2D eigenvalue weighted by atomic mass is 10.1. The number of nitrogens with one attached hydrogen (secondary N) is 1. The number of benzene rings is 3. The molecule has 0 aliphatic rings. The maximum atomic E-state index is 14.0. The largest absolute Gasteiger partial charge is 0.478 e. The number of sulfonamides is 1. The second-order valence-corrected chi connectivity index (χ2v) is 9.40. The normalized spacial score (nSPS) is 11.1. The van der Waals surface area contributed by atoms with Crippen LogP contribution in [-0.4, -0.2) is 31.9 Å². The highest BCUT2D eigenvalue weighted by atomic mass is 32.2. The third kappa shape index (κ3) is 5.75. The van der Waals surface area contributed by atoms with Crippen LogP contribution in [0.4, 0.5) is 10.1 Å². The van der Waals surface area contributed by atoms with Crippen LogP contribution in [0.25, 0.3) is 0 Å². The van der Waals surface area contributed by atoms with E-state index in [1.807, 2.05) is 6.92 Å². The van der Waals surface area contributed by atoms with Crippen molar-refractivity contribution in [2.24, 2.45) is 0 Å². The Hall–Kier alpha value is -3.72. The number of aryl methyl sites for hydroxylation is 2. The highest BCUT2D eigenvalue weighted by Crippen LogP contribution is 2.27. The van der Waals surface area contributed by atoms with Gasteiger partial charge in [-0.2, -0.15) is 0 Å². The van der Waals surface area contributed by atoms with Crippen LogP contribution in [0.3, 0.4) is 0 Å². The fraction of sp³-hybridized carbons (Fsp3) is 0.167. The van der Waals surface area contributed by atoms with E-state index in [1.54, 1.807) is 31.2 Å². The van der Waals surface area contributed by atoms with Gasteiger partial charge in [0.1, 0.15) is 12.4 Å². The van der Waals surface area contributed by atoms with Crippen molar-refractivity contribution in [2.45, 2.75) is 25.3 Å². The molecular formula is C24H23FN2O5S. The van der Waals surface area contributed by atoms with Gasteiger partial charge in [0.15, 0.2) is 0 Å². The Morgan fingerprint density at radius 1 is 1.00 bits per heavy atom. The molecule has 0 radical (unpaired) electrons. The van der Waals surface area contributed by atoms with Crippen LogP contribution in [0.1, 0.15) is 27.0 Å². The van der Waals surface area contributed by atoms with Gasteiger partial charge in [0.25, 0.3) is 10.0 Å². The topological polar surface area (TPSA) is 104 Å². The van der Waals surface area contributed by atoms with Gasteiger partial charge in [-0.05, 0) is 61.4 Å². The van der Waals surface area contributed by atoms with Crippen LogP contribution in [0.2, 0.25) is 0 Å². The summed E-state index contributed by atoms with van der Waals surface area (Å²) in [7, 11) is -4.18. The number of nitrogens with zero attached hydrogens (tertiary/aromatic N) is 1. The zero-order chi connectivity index (χ0) is 24.2. The Morgan fingerprint density at radius 3 is 2.36 bits per heavy atom. The number of aromatic carboxylic acids is 1. The number of carbonyl (C=O) groups excluding carboxylic acids is 1. The molecule has 0 heterocycles.